The van der Waals surface area contributed by atoms with Crippen LogP contribution in [-0.2, 0) is 13.0 Å². The van der Waals surface area contributed by atoms with Crippen molar-refractivity contribution in [1.82, 2.24) is 9.55 Å². The highest BCUT2D eigenvalue weighted by Crippen LogP contribution is 2.37. The van der Waals surface area contributed by atoms with Crippen LogP contribution in [0.3, 0.4) is 0 Å². The van der Waals surface area contributed by atoms with E-state index in [2.05, 4.69) is 4.98 Å². The zero-order valence-electron chi connectivity index (χ0n) is 15.5. The van der Waals surface area contributed by atoms with E-state index in [0.29, 0.717) is 29.4 Å². The second kappa shape index (κ2) is 8.48. The Hall–Kier alpha value is -1.47. The van der Waals surface area contributed by atoms with Crippen molar-refractivity contribution in [2.24, 2.45) is 0 Å². The molecule has 0 aliphatic heterocycles. The molecule has 0 unspecified atom stereocenters. The van der Waals surface area contributed by atoms with Crippen molar-refractivity contribution in [3.63, 3.8) is 0 Å². The summed E-state index contributed by atoms with van der Waals surface area (Å²) in [5, 5.41) is 9.61. The highest BCUT2D eigenvalue weighted by molar-refractivity contribution is 7.99. The molecule has 0 amide bonds. The Bertz CT molecular complexity index is 734. The number of aliphatic hydroxyl groups excluding tert-OH is 1. The highest BCUT2D eigenvalue weighted by atomic mass is 32.2. The van der Waals surface area contributed by atoms with E-state index >= 15 is 0 Å². The fourth-order valence-electron chi connectivity index (χ4n) is 2.86. The van der Waals surface area contributed by atoms with Crippen LogP contribution in [0.15, 0.2) is 28.1 Å². The van der Waals surface area contributed by atoms with Gasteiger partial charge in [-0.25, -0.2) is 4.98 Å². The Morgan fingerprint density at radius 1 is 1.15 bits per heavy atom. The molecular formula is C19H25F3N2OS. The second-order valence-corrected chi connectivity index (χ2v) is 7.89. The molecule has 0 saturated heterocycles. The number of aryl methyl sites for hydroxylation is 3. The summed E-state index contributed by atoms with van der Waals surface area (Å²) in [5.74, 6) is 0.387. The van der Waals surface area contributed by atoms with Crippen LogP contribution < -0.4 is 0 Å². The number of hydrogen-bond acceptors (Lipinski definition) is 3. The van der Waals surface area contributed by atoms with Gasteiger partial charge in [0.1, 0.15) is 17.4 Å². The number of benzene rings is 1. The van der Waals surface area contributed by atoms with Crippen LogP contribution >= 0.6 is 11.8 Å². The van der Waals surface area contributed by atoms with Crippen LogP contribution in [0.5, 0.6) is 0 Å². The maximum absolute atomic E-state index is 13.2. The molecule has 3 nitrogen and oxygen atoms in total. The zero-order valence-corrected chi connectivity index (χ0v) is 16.3. The van der Waals surface area contributed by atoms with Gasteiger partial charge in [-0.2, -0.15) is 13.2 Å². The average molecular weight is 386 g/mol. The van der Waals surface area contributed by atoms with Crippen molar-refractivity contribution in [2.45, 2.75) is 69.1 Å². The Labute approximate surface area is 156 Å². The first-order chi connectivity index (χ1) is 12.1. The first-order valence-corrected chi connectivity index (χ1v) is 9.45. The molecule has 0 bridgehead atoms. The molecule has 1 aromatic heterocycles. The quantitative estimate of drug-likeness (QED) is 0.705. The van der Waals surface area contributed by atoms with Gasteiger partial charge in [-0.3, -0.25) is 0 Å². The van der Waals surface area contributed by atoms with Gasteiger partial charge >= 0.3 is 6.18 Å². The van der Waals surface area contributed by atoms with Gasteiger partial charge in [0, 0.05) is 17.9 Å². The minimum atomic E-state index is -4.33. The molecule has 0 aliphatic carbocycles. The fraction of sp³-hybridized carbons (Fsp3) is 0.526. The summed E-state index contributed by atoms with van der Waals surface area (Å²) in [4.78, 5) is 5.41. The van der Waals surface area contributed by atoms with Crippen LogP contribution in [0.25, 0.3) is 0 Å². The topological polar surface area (TPSA) is 38.1 Å². The number of aromatic nitrogens is 2. The predicted molar refractivity (Wildman–Crippen MR) is 97.8 cm³/mol. The van der Waals surface area contributed by atoms with Gasteiger partial charge in [0.2, 0.25) is 0 Å². The predicted octanol–water partition coefficient (Wildman–Crippen LogP) is 5.26. The lowest BCUT2D eigenvalue weighted by Crippen LogP contribution is -2.20. The molecule has 1 heterocycles. The normalized spacial score (nSPS) is 12.2. The van der Waals surface area contributed by atoms with Crippen molar-refractivity contribution < 1.29 is 18.3 Å². The van der Waals surface area contributed by atoms with Crippen LogP contribution in [-0.4, -0.2) is 27.4 Å². The molecule has 0 radical (unpaired) electrons. The Balaban J connectivity index is 2.53. The van der Waals surface area contributed by atoms with E-state index in [1.165, 1.54) is 16.3 Å². The summed E-state index contributed by atoms with van der Waals surface area (Å²) in [6.07, 6.45) is -3.62. The molecule has 0 aliphatic rings. The Kier molecular flexibility index (Phi) is 6.80. The van der Waals surface area contributed by atoms with Crippen molar-refractivity contribution in [1.29, 1.82) is 0 Å². The first kappa shape index (κ1) is 20.8. The third-order valence-electron chi connectivity index (χ3n) is 3.88. The number of halogens is 3. The summed E-state index contributed by atoms with van der Waals surface area (Å²) in [6, 6.07) is 5.98. The Morgan fingerprint density at radius 2 is 1.77 bits per heavy atom. The lowest BCUT2D eigenvalue weighted by atomic mass is 10.1. The molecular weight excluding hydrogens is 361 g/mol. The summed E-state index contributed by atoms with van der Waals surface area (Å²) >= 11 is 1.33. The molecule has 0 atom stereocenters. The maximum atomic E-state index is 13.2. The molecule has 0 saturated carbocycles. The lowest BCUT2D eigenvalue weighted by Gasteiger charge is -2.15. The van der Waals surface area contributed by atoms with Gasteiger partial charge in [-0.1, -0.05) is 31.7 Å². The first-order valence-electron chi connectivity index (χ1n) is 8.63. The zero-order chi connectivity index (χ0) is 19.5. The van der Waals surface area contributed by atoms with Gasteiger partial charge in [-0.05, 0) is 49.4 Å². The van der Waals surface area contributed by atoms with E-state index < -0.39 is 12.7 Å². The number of imidazole rings is 1. The summed E-state index contributed by atoms with van der Waals surface area (Å²) in [6.45, 7) is 6.67. The number of aliphatic hydroxyl groups is 1. The van der Waals surface area contributed by atoms with Gasteiger partial charge in [0.25, 0.3) is 0 Å². The largest absolute Gasteiger partial charge is 0.406 e. The van der Waals surface area contributed by atoms with Gasteiger partial charge in [0.05, 0.1) is 5.69 Å². The smallest absolute Gasteiger partial charge is 0.396 e. The van der Waals surface area contributed by atoms with E-state index in [1.807, 2.05) is 45.9 Å². The number of hydrogen-bond donors (Lipinski definition) is 1. The average Bonchev–Trinajstić information content (AvgIpc) is 2.80. The van der Waals surface area contributed by atoms with E-state index in [1.54, 1.807) is 0 Å². The molecule has 0 spiro atoms. The number of alkyl halides is 3. The number of rotatable bonds is 7. The van der Waals surface area contributed by atoms with Crippen molar-refractivity contribution in [3.05, 3.63) is 40.8 Å². The lowest BCUT2D eigenvalue weighted by molar-refractivity contribution is -0.142. The van der Waals surface area contributed by atoms with Gasteiger partial charge in [-0.15, -0.1) is 0 Å². The maximum Gasteiger partial charge on any atom is 0.406 e. The SMILES string of the molecule is Cc1cc(C)cc(Sc2c(C(C)C)nc(CCCO)n2CC(F)(F)F)c1. The molecule has 2 rings (SSSR count). The van der Waals surface area contributed by atoms with Crippen LogP contribution in [0.2, 0.25) is 0 Å². The van der Waals surface area contributed by atoms with Crippen molar-refractivity contribution in [2.75, 3.05) is 6.61 Å². The summed E-state index contributed by atoms with van der Waals surface area (Å²) < 4.78 is 40.9. The molecule has 144 valence electrons. The van der Waals surface area contributed by atoms with Crippen molar-refractivity contribution in [3.8, 4) is 0 Å². The molecule has 1 aromatic carbocycles. The summed E-state index contributed by atoms with van der Waals surface area (Å²) in [7, 11) is 0. The van der Waals surface area contributed by atoms with Crippen LogP contribution in [0, 0.1) is 13.8 Å². The summed E-state index contributed by atoms with van der Waals surface area (Å²) in [5.41, 5.74) is 2.81. The molecule has 0 fully saturated rings. The molecule has 7 heteroatoms. The van der Waals surface area contributed by atoms with E-state index in [0.717, 1.165) is 16.0 Å². The molecule has 2 aromatic rings. The van der Waals surface area contributed by atoms with E-state index in [9.17, 15) is 13.2 Å². The van der Waals surface area contributed by atoms with Crippen LogP contribution in [0.1, 0.15) is 48.8 Å². The minimum absolute atomic E-state index is 0.00534. The minimum Gasteiger partial charge on any atom is -0.396 e. The second-order valence-electron chi connectivity index (χ2n) is 6.83. The third-order valence-corrected chi connectivity index (χ3v) is 4.97. The molecule has 1 N–H and O–H groups in total. The van der Waals surface area contributed by atoms with E-state index in [-0.39, 0.29) is 12.5 Å². The third kappa shape index (κ3) is 5.51. The van der Waals surface area contributed by atoms with Gasteiger partial charge < -0.3 is 9.67 Å². The van der Waals surface area contributed by atoms with Crippen molar-refractivity contribution >= 4 is 11.8 Å². The van der Waals surface area contributed by atoms with E-state index in [4.69, 9.17) is 5.11 Å². The van der Waals surface area contributed by atoms with Crippen LogP contribution in [0.4, 0.5) is 13.2 Å². The standard InChI is InChI=1S/C19H25F3N2OS/c1-12(2)17-18(26-15-9-13(3)8-14(4)10-15)24(11-19(20,21)22)16(23-17)6-5-7-25/h8-10,12,25H,5-7,11H2,1-4H3. The monoisotopic (exact) mass is 386 g/mol. The molecule has 26 heavy (non-hydrogen) atoms. The number of nitrogens with zero attached hydrogens (tertiary/aromatic N) is 2. The highest BCUT2D eigenvalue weighted by Gasteiger charge is 2.32. The van der Waals surface area contributed by atoms with Gasteiger partial charge in [0.15, 0.2) is 0 Å². The Morgan fingerprint density at radius 3 is 2.27 bits per heavy atom. The fourth-order valence-corrected chi connectivity index (χ4v) is 4.24.